The van der Waals surface area contributed by atoms with Gasteiger partial charge in [0.2, 0.25) is 5.91 Å². The van der Waals surface area contributed by atoms with Gasteiger partial charge in [0.1, 0.15) is 0 Å². The Morgan fingerprint density at radius 3 is 2.35 bits per heavy atom. The van der Waals surface area contributed by atoms with E-state index in [-0.39, 0.29) is 17.2 Å². The van der Waals surface area contributed by atoms with Crippen molar-refractivity contribution >= 4 is 11.9 Å². The van der Waals surface area contributed by atoms with Gasteiger partial charge in [0.25, 0.3) is 0 Å². The van der Waals surface area contributed by atoms with Crippen molar-refractivity contribution in [3.8, 4) is 0 Å². The molecule has 0 heterocycles. The van der Waals surface area contributed by atoms with Gasteiger partial charge in [-0.25, -0.2) is 0 Å². The number of nitrogens with zero attached hydrogens (tertiary/aromatic N) is 1. The van der Waals surface area contributed by atoms with Gasteiger partial charge >= 0.3 is 0 Å². The molecule has 0 bridgehead atoms. The van der Waals surface area contributed by atoms with E-state index >= 15 is 0 Å². The Balaban J connectivity index is 1.73. The number of rotatable bonds is 7. The van der Waals surface area contributed by atoms with Crippen molar-refractivity contribution in [2.24, 2.45) is 10.9 Å². The Morgan fingerprint density at radius 2 is 1.78 bits per heavy atom. The molecular weight excluding hydrogens is 288 g/mol. The highest BCUT2D eigenvalue weighted by Gasteiger charge is 2.43. The van der Waals surface area contributed by atoms with Crippen LogP contribution in [0.1, 0.15) is 32.3 Å². The first kappa shape index (κ1) is 17.3. The minimum absolute atomic E-state index is 0.0213. The lowest BCUT2D eigenvalue weighted by Gasteiger charge is -2.19. The fourth-order valence-electron chi connectivity index (χ4n) is 2.55. The summed E-state index contributed by atoms with van der Waals surface area (Å²) in [4.78, 5) is 15.7. The Labute approximate surface area is 139 Å². The van der Waals surface area contributed by atoms with E-state index in [9.17, 15) is 4.79 Å². The minimum Gasteiger partial charge on any atom is -0.356 e. The average molecular weight is 316 g/mol. The molecule has 5 nitrogen and oxygen atoms in total. The SMILES string of the molecule is CN=C(NCCNC(=O)C(C)C)NCC1(c2ccccc2)CC1. The molecule has 1 aliphatic rings. The monoisotopic (exact) mass is 316 g/mol. The van der Waals surface area contributed by atoms with Gasteiger partial charge in [-0.1, -0.05) is 44.2 Å². The van der Waals surface area contributed by atoms with Crippen LogP contribution in [-0.4, -0.2) is 38.5 Å². The molecule has 1 aromatic rings. The standard InChI is InChI=1S/C18H28N4O/c1-14(2)16(23)20-11-12-21-17(19-3)22-13-18(9-10-18)15-7-5-4-6-8-15/h4-8,14H,9-13H2,1-3H3,(H,20,23)(H2,19,21,22). The summed E-state index contributed by atoms with van der Waals surface area (Å²) in [7, 11) is 1.77. The number of hydrogen-bond acceptors (Lipinski definition) is 2. The van der Waals surface area contributed by atoms with Gasteiger partial charge in [-0.2, -0.15) is 0 Å². The molecule has 0 aromatic heterocycles. The number of amides is 1. The summed E-state index contributed by atoms with van der Waals surface area (Å²) in [6, 6.07) is 10.7. The normalized spacial score (nSPS) is 16.1. The van der Waals surface area contributed by atoms with Crippen LogP contribution in [0.5, 0.6) is 0 Å². The van der Waals surface area contributed by atoms with E-state index in [0.29, 0.717) is 13.1 Å². The van der Waals surface area contributed by atoms with Gasteiger partial charge in [0.05, 0.1) is 0 Å². The van der Waals surface area contributed by atoms with Crippen molar-refractivity contribution in [1.29, 1.82) is 0 Å². The number of nitrogens with one attached hydrogen (secondary N) is 3. The quantitative estimate of drug-likeness (QED) is 0.407. The molecule has 1 fully saturated rings. The minimum atomic E-state index is 0.0213. The summed E-state index contributed by atoms with van der Waals surface area (Å²) in [6.07, 6.45) is 2.43. The van der Waals surface area contributed by atoms with Gasteiger partial charge in [-0.3, -0.25) is 9.79 Å². The number of guanidine groups is 1. The van der Waals surface area contributed by atoms with Gasteiger partial charge < -0.3 is 16.0 Å². The molecule has 5 heteroatoms. The van der Waals surface area contributed by atoms with E-state index in [2.05, 4.69) is 51.3 Å². The summed E-state index contributed by atoms with van der Waals surface area (Å²) in [5, 5.41) is 9.54. The summed E-state index contributed by atoms with van der Waals surface area (Å²) in [5.74, 6) is 0.884. The fourth-order valence-corrected chi connectivity index (χ4v) is 2.55. The molecule has 2 rings (SSSR count). The first-order valence-electron chi connectivity index (χ1n) is 8.35. The van der Waals surface area contributed by atoms with Crippen LogP contribution in [0.15, 0.2) is 35.3 Å². The van der Waals surface area contributed by atoms with E-state index in [1.165, 1.54) is 18.4 Å². The van der Waals surface area contributed by atoms with Gasteiger partial charge in [-0.05, 0) is 18.4 Å². The van der Waals surface area contributed by atoms with E-state index in [0.717, 1.165) is 12.5 Å². The molecule has 1 amide bonds. The highest BCUT2D eigenvalue weighted by molar-refractivity contribution is 5.80. The second-order valence-electron chi connectivity index (χ2n) is 6.44. The lowest BCUT2D eigenvalue weighted by atomic mass is 9.96. The molecule has 1 aliphatic carbocycles. The Bertz CT molecular complexity index is 535. The smallest absolute Gasteiger partial charge is 0.222 e. The highest BCUT2D eigenvalue weighted by Crippen LogP contribution is 2.47. The zero-order valence-electron chi connectivity index (χ0n) is 14.4. The lowest BCUT2D eigenvalue weighted by molar-refractivity contribution is -0.123. The van der Waals surface area contributed by atoms with Crippen molar-refractivity contribution < 1.29 is 4.79 Å². The van der Waals surface area contributed by atoms with Crippen molar-refractivity contribution in [2.45, 2.75) is 32.1 Å². The van der Waals surface area contributed by atoms with Crippen LogP contribution >= 0.6 is 0 Å². The van der Waals surface area contributed by atoms with Crippen molar-refractivity contribution in [2.75, 3.05) is 26.7 Å². The van der Waals surface area contributed by atoms with Gasteiger partial charge in [0, 0.05) is 38.0 Å². The molecule has 1 saturated carbocycles. The molecule has 0 radical (unpaired) electrons. The van der Waals surface area contributed by atoms with Gasteiger partial charge in [0.15, 0.2) is 5.96 Å². The first-order chi connectivity index (χ1) is 11.1. The number of carbonyl (C=O) groups is 1. The molecule has 3 N–H and O–H groups in total. The van der Waals surface area contributed by atoms with Crippen molar-refractivity contribution in [3.05, 3.63) is 35.9 Å². The number of carbonyl (C=O) groups excluding carboxylic acids is 1. The largest absolute Gasteiger partial charge is 0.356 e. The Morgan fingerprint density at radius 1 is 1.13 bits per heavy atom. The van der Waals surface area contributed by atoms with Gasteiger partial charge in [-0.15, -0.1) is 0 Å². The lowest BCUT2D eigenvalue weighted by Crippen LogP contribution is -2.44. The third kappa shape index (κ3) is 4.98. The molecule has 0 saturated heterocycles. The number of benzene rings is 1. The van der Waals surface area contributed by atoms with E-state index in [1.807, 2.05) is 13.8 Å². The summed E-state index contributed by atoms with van der Waals surface area (Å²) >= 11 is 0. The van der Waals surface area contributed by atoms with Crippen LogP contribution in [-0.2, 0) is 10.2 Å². The van der Waals surface area contributed by atoms with Crippen LogP contribution in [0.2, 0.25) is 0 Å². The molecule has 0 spiro atoms. The molecule has 0 aliphatic heterocycles. The molecule has 0 unspecified atom stereocenters. The van der Waals surface area contributed by atoms with Crippen LogP contribution < -0.4 is 16.0 Å². The van der Waals surface area contributed by atoms with E-state index in [4.69, 9.17) is 0 Å². The molecule has 23 heavy (non-hydrogen) atoms. The van der Waals surface area contributed by atoms with Crippen LogP contribution in [0.3, 0.4) is 0 Å². The maximum atomic E-state index is 11.5. The Hall–Kier alpha value is -2.04. The summed E-state index contributed by atoms with van der Waals surface area (Å²) in [5.41, 5.74) is 1.65. The Kier molecular flexibility index (Phi) is 6.02. The number of hydrogen-bond donors (Lipinski definition) is 3. The molecular formula is C18H28N4O. The summed E-state index contributed by atoms with van der Waals surface area (Å²) < 4.78 is 0. The third-order valence-corrected chi connectivity index (χ3v) is 4.30. The molecule has 1 aromatic carbocycles. The fraction of sp³-hybridized carbons (Fsp3) is 0.556. The van der Waals surface area contributed by atoms with Crippen molar-refractivity contribution in [1.82, 2.24) is 16.0 Å². The third-order valence-electron chi connectivity index (χ3n) is 4.30. The average Bonchev–Trinajstić information content (AvgIpc) is 3.36. The van der Waals surface area contributed by atoms with E-state index < -0.39 is 0 Å². The predicted octanol–water partition coefficient (Wildman–Crippen LogP) is 1.66. The zero-order chi connectivity index (χ0) is 16.7. The number of aliphatic imine (C=N–C) groups is 1. The topological polar surface area (TPSA) is 65.5 Å². The van der Waals surface area contributed by atoms with Crippen LogP contribution in [0.25, 0.3) is 0 Å². The van der Waals surface area contributed by atoms with Crippen LogP contribution in [0, 0.1) is 5.92 Å². The maximum absolute atomic E-state index is 11.5. The predicted molar refractivity (Wildman–Crippen MR) is 94.6 cm³/mol. The summed E-state index contributed by atoms with van der Waals surface area (Å²) in [6.45, 7) is 5.93. The first-order valence-corrected chi connectivity index (χ1v) is 8.35. The van der Waals surface area contributed by atoms with Crippen molar-refractivity contribution in [3.63, 3.8) is 0 Å². The second-order valence-corrected chi connectivity index (χ2v) is 6.44. The second kappa shape index (κ2) is 7.99. The molecule has 0 atom stereocenters. The zero-order valence-corrected chi connectivity index (χ0v) is 14.4. The highest BCUT2D eigenvalue weighted by atomic mass is 16.1. The molecule has 126 valence electrons. The maximum Gasteiger partial charge on any atom is 0.222 e. The van der Waals surface area contributed by atoms with Crippen LogP contribution in [0.4, 0.5) is 0 Å². The van der Waals surface area contributed by atoms with E-state index in [1.54, 1.807) is 7.05 Å².